The van der Waals surface area contributed by atoms with Crippen LogP contribution in [0, 0.1) is 0 Å². The summed E-state index contributed by atoms with van der Waals surface area (Å²) in [5.74, 6) is 1.49. The normalized spacial score (nSPS) is 21.6. The maximum Gasteiger partial charge on any atom is 0.419 e. The first kappa shape index (κ1) is 22.3. The molecule has 0 N–H and O–H groups in total. The highest BCUT2D eigenvalue weighted by Crippen LogP contribution is 2.42. The van der Waals surface area contributed by atoms with Crippen LogP contribution in [0.25, 0.3) is 5.82 Å². The number of nitrogens with zero attached hydrogens (tertiary/aromatic N) is 11. The zero-order valence-electron chi connectivity index (χ0n) is 18.8. The second-order valence-electron chi connectivity index (χ2n) is 8.74. The van der Waals surface area contributed by atoms with E-state index in [4.69, 9.17) is 4.74 Å². The molecule has 6 rings (SSSR count). The van der Waals surface area contributed by atoms with Crippen LogP contribution in [0.2, 0.25) is 0 Å². The number of anilines is 1. The number of piperidine rings is 1. The zero-order chi connectivity index (χ0) is 24.7. The number of halogens is 3. The van der Waals surface area contributed by atoms with E-state index in [9.17, 15) is 13.2 Å². The third-order valence-electron chi connectivity index (χ3n) is 6.48. The fourth-order valence-corrected chi connectivity index (χ4v) is 4.83. The van der Waals surface area contributed by atoms with E-state index in [1.165, 1.54) is 11.0 Å². The van der Waals surface area contributed by atoms with Crippen LogP contribution >= 0.6 is 0 Å². The standard InChI is InChI=1S/C21H20F3N11O/c22-21(23,24)13-7-26-20(27-8-13)34-15-1-2-16(34)6-17(5-15)35-29-9-14(30-35)11-36-18-3-4-19(25-10-18)33-12-28-31-32-33/h3-4,7-10,12,15-17H,1-2,5-6,11H2/t15-,16+,17-. The summed E-state index contributed by atoms with van der Waals surface area (Å²) in [6.07, 6.45) is 5.34. The average molecular weight is 499 g/mol. The van der Waals surface area contributed by atoms with Crippen LogP contribution in [0.15, 0.2) is 43.2 Å². The van der Waals surface area contributed by atoms with Crippen LogP contribution in [0.5, 0.6) is 5.75 Å². The van der Waals surface area contributed by atoms with E-state index in [1.54, 1.807) is 29.3 Å². The molecule has 2 aliphatic heterocycles. The molecule has 186 valence electrons. The molecule has 2 bridgehead atoms. The van der Waals surface area contributed by atoms with Crippen molar-refractivity contribution in [2.45, 2.75) is 56.6 Å². The summed E-state index contributed by atoms with van der Waals surface area (Å²) in [6.45, 7) is 0.233. The van der Waals surface area contributed by atoms with Gasteiger partial charge in [-0.15, -0.1) is 5.10 Å². The lowest BCUT2D eigenvalue weighted by Gasteiger charge is -2.38. The lowest BCUT2D eigenvalue weighted by molar-refractivity contribution is -0.138. The van der Waals surface area contributed by atoms with E-state index in [2.05, 4.69) is 45.6 Å². The van der Waals surface area contributed by atoms with Gasteiger partial charge in [-0.05, 0) is 48.2 Å². The number of hydrogen-bond acceptors (Lipinski definition) is 10. The first-order valence-electron chi connectivity index (χ1n) is 11.3. The van der Waals surface area contributed by atoms with Gasteiger partial charge in [0.15, 0.2) is 5.82 Å². The molecule has 15 heteroatoms. The lowest BCUT2D eigenvalue weighted by atomic mass is 9.98. The molecule has 6 heterocycles. The van der Waals surface area contributed by atoms with Crippen molar-refractivity contribution in [3.63, 3.8) is 0 Å². The van der Waals surface area contributed by atoms with Crippen molar-refractivity contribution in [2.75, 3.05) is 4.90 Å². The quantitative estimate of drug-likeness (QED) is 0.390. The summed E-state index contributed by atoms with van der Waals surface area (Å²) in [5, 5.41) is 20.0. The maximum absolute atomic E-state index is 12.9. The predicted octanol–water partition coefficient (Wildman–Crippen LogP) is 2.41. The summed E-state index contributed by atoms with van der Waals surface area (Å²) >= 11 is 0. The number of rotatable bonds is 6. The largest absolute Gasteiger partial charge is 0.486 e. The molecular formula is C21H20F3N11O. The van der Waals surface area contributed by atoms with Crippen molar-refractivity contribution in [1.29, 1.82) is 0 Å². The third kappa shape index (κ3) is 4.31. The van der Waals surface area contributed by atoms with Crippen molar-refractivity contribution in [1.82, 2.24) is 50.2 Å². The van der Waals surface area contributed by atoms with Gasteiger partial charge in [0.05, 0.1) is 24.0 Å². The van der Waals surface area contributed by atoms with E-state index in [0.29, 0.717) is 23.2 Å². The SMILES string of the molecule is FC(F)(F)c1cnc(N2[C@@H]3CC[C@H]2C[C@H](n2ncc(COc4ccc(-n5cnnn5)nc4)n2)C3)nc1. The number of ether oxygens (including phenoxy) is 1. The maximum atomic E-state index is 12.9. The van der Waals surface area contributed by atoms with Gasteiger partial charge in [-0.25, -0.2) is 15.0 Å². The van der Waals surface area contributed by atoms with Gasteiger partial charge in [0, 0.05) is 24.5 Å². The average Bonchev–Trinajstić information content (AvgIpc) is 3.63. The van der Waals surface area contributed by atoms with Gasteiger partial charge < -0.3 is 9.64 Å². The van der Waals surface area contributed by atoms with Gasteiger partial charge in [-0.1, -0.05) is 0 Å². The fraction of sp³-hybridized carbons (Fsp3) is 0.429. The number of fused-ring (bicyclic) bond motifs is 2. The molecule has 2 aliphatic rings. The minimum atomic E-state index is -4.45. The summed E-state index contributed by atoms with van der Waals surface area (Å²) in [6, 6.07) is 3.85. The van der Waals surface area contributed by atoms with Crippen molar-refractivity contribution in [3.05, 3.63) is 54.5 Å². The Labute approximate surface area is 202 Å². The Morgan fingerprint density at radius 1 is 0.944 bits per heavy atom. The van der Waals surface area contributed by atoms with Crippen LogP contribution in [-0.2, 0) is 12.8 Å². The summed E-state index contributed by atoms with van der Waals surface area (Å²) in [5.41, 5.74) is -0.163. The first-order chi connectivity index (χ1) is 17.4. The molecule has 0 radical (unpaired) electrons. The number of alkyl halides is 3. The molecule has 0 unspecified atom stereocenters. The Kier molecular flexibility index (Phi) is 5.45. The van der Waals surface area contributed by atoms with Crippen LogP contribution in [-0.4, -0.2) is 62.2 Å². The van der Waals surface area contributed by atoms with Crippen LogP contribution in [0.3, 0.4) is 0 Å². The Balaban J connectivity index is 1.07. The molecule has 0 aliphatic carbocycles. The summed E-state index contributed by atoms with van der Waals surface area (Å²) in [4.78, 5) is 16.1. The molecular weight excluding hydrogens is 479 g/mol. The molecule has 3 atom stereocenters. The Morgan fingerprint density at radius 2 is 1.72 bits per heavy atom. The molecule has 12 nitrogen and oxygen atoms in total. The fourth-order valence-electron chi connectivity index (χ4n) is 4.83. The summed E-state index contributed by atoms with van der Waals surface area (Å²) < 4.78 is 45.8. The molecule has 0 aromatic carbocycles. The minimum Gasteiger partial charge on any atom is -0.486 e. The van der Waals surface area contributed by atoms with Gasteiger partial charge in [-0.2, -0.15) is 32.8 Å². The summed E-state index contributed by atoms with van der Waals surface area (Å²) in [7, 11) is 0. The Bertz CT molecular complexity index is 1290. The van der Waals surface area contributed by atoms with Crippen LogP contribution < -0.4 is 9.64 Å². The van der Waals surface area contributed by atoms with Crippen LogP contribution in [0.1, 0.15) is 43.0 Å². The Morgan fingerprint density at radius 3 is 2.36 bits per heavy atom. The van der Waals surface area contributed by atoms with Crippen molar-refractivity contribution < 1.29 is 17.9 Å². The van der Waals surface area contributed by atoms with E-state index in [0.717, 1.165) is 38.1 Å². The Hall–Kier alpha value is -4.17. The molecule has 2 saturated heterocycles. The molecule has 4 aromatic rings. The van der Waals surface area contributed by atoms with E-state index in [-0.39, 0.29) is 24.7 Å². The zero-order valence-corrected chi connectivity index (χ0v) is 18.8. The lowest BCUT2D eigenvalue weighted by Crippen LogP contribution is -2.44. The molecule has 0 spiro atoms. The van der Waals surface area contributed by atoms with Crippen molar-refractivity contribution in [3.8, 4) is 11.6 Å². The number of aromatic nitrogens is 10. The smallest absolute Gasteiger partial charge is 0.419 e. The van der Waals surface area contributed by atoms with Crippen LogP contribution in [0.4, 0.5) is 19.1 Å². The van der Waals surface area contributed by atoms with E-state index >= 15 is 0 Å². The monoisotopic (exact) mass is 499 g/mol. The van der Waals surface area contributed by atoms with Crippen molar-refractivity contribution in [2.24, 2.45) is 0 Å². The van der Waals surface area contributed by atoms with Gasteiger partial charge in [0.1, 0.15) is 24.4 Å². The highest BCUT2D eigenvalue weighted by Gasteiger charge is 2.43. The van der Waals surface area contributed by atoms with Crippen molar-refractivity contribution >= 4 is 5.95 Å². The molecule has 4 aromatic heterocycles. The van der Waals surface area contributed by atoms with E-state index in [1.807, 2.05) is 0 Å². The van der Waals surface area contributed by atoms with Gasteiger partial charge >= 0.3 is 6.18 Å². The highest BCUT2D eigenvalue weighted by molar-refractivity contribution is 5.38. The second-order valence-corrected chi connectivity index (χ2v) is 8.74. The molecule has 36 heavy (non-hydrogen) atoms. The first-order valence-corrected chi connectivity index (χ1v) is 11.3. The van der Waals surface area contributed by atoms with E-state index < -0.39 is 11.7 Å². The van der Waals surface area contributed by atoms with Gasteiger partial charge in [-0.3, -0.25) is 0 Å². The molecule has 0 amide bonds. The van der Waals surface area contributed by atoms with Gasteiger partial charge in [0.2, 0.25) is 5.95 Å². The predicted molar refractivity (Wildman–Crippen MR) is 116 cm³/mol. The topological polar surface area (TPSA) is 125 Å². The number of tetrazole rings is 1. The number of pyridine rings is 1. The highest BCUT2D eigenvalue weighted by atomic mass is 19.4. The number of hydrogen-bond donors (Lipinski definition) is 0. The van der Waals surface area contributed by atoms with Gasteiger partial charge in [0.25, 0.3) is 0 Å². The molecule has 2 fully saturated rings. The molecule has 0 saturated carbocycles. The minimum absolute atomic E-state index is 0.0826. The third-order valence-corrected chi connectivity index (χ3v) is 6.48. The second kappa shape index (κ2) is 8.80.